The number of benzene rings is 1. The summed E-state index contributed by atoms with van der Waals surface area (Å²) < 4.78 is 1.56. The highest BCUT2D eigenvalue weighted by Gasteiger charge is 2.09. The van der Waals surface area contributed by atoms with Crippen LogP contribution in [0.2, 0.25) is 0 Å². The third kappa shape index (κ3) is 3.47. The van der Waals surface area contributed by atoms with E-state index >= 15 is 0 Å². The van der Waals surface area contributed by atoms with Gasteiger partial charge < -0.3 is 15.0 Å². The largest absolute Gasteiger partial charge is 0.478 e. The van der Waals surface area contributed by atoms with Crippen molar-refractivity contribution in [3.8, 4) is 0 Å². The molecule has 0 spiro atoms. The van der Waals surface area contributed by atoms with Crippen LogP contribution in [0.5, 0.6) is 0 Å². The van der Waals surface area contributed by atoms with Gasteiger partial charge in [-0.05, 0) is 25.0 Å². The topological polar surface area (TPSA) is 84.2 Å². The van der Waals surface area contributed by atoms with E-state index in [1.165, 1.54) is 0 Å². The van der Waals surface area contributed by atoms with E-state index in [-0.39, 0.29) is 16.9 Å². The molecular formula is C15H17N3O3. The lowest BCUT2D eigenvalue weighted by molar-refractivity contribution is 0.0695. The second kappa shape index (κ2) is 6.69. The molecule has 0 bridgehead atoms. The Morgan fingerprint density at radius 3 is 2.86 bits per heavy atom. The molecule has 2 rings (SSSR count). The first kappa shape index (κ1) is 14.8. The van der Waals surface area contributed by atoms with E-state index in [9.17, 15) is 9.59 Å². The molecule has 110 valence electrons. The summed E-state index contributed by atoms with van der Waals surface area (Å²) in [7, 11) is 0. The van der Waals surface area contributed by atoms with Crippen molar-refractivity contribution in [1.82, 2.24) is 9.55 Å². The Bertz CT molecular complexity index is 695. The number of aromatic carboxylic acids is 1. The molecule has 0 fully saturated rings. The van der Waals surface area contributed by atoms with Gasteiger partial charge >= 0.3 is 5.97 Å². The van der Waals surface area contributed by atoms with Crippen molar-refractivity contribution in [2.45, 2.75) is 19.9 Å². The lowest BCUT2D eigenvalue weighted by Crippen LogP contribution is -2.24. The molecule has 1 aromatic carbocycles. The highest BCUT2D eigenvalue weighted by atomic mass is 16.4. The number of hydrogen-bond acceptors (Lipinski definition) is 4. The van der Waals surface area contributed by atoms with E-state index in [0.717, 1.165) is 5.56 Å². The van der Waals surface area contributed by atoms with Crippen LogP contribution in [0.4, 0.5) is 5.82 Å². The third-order valence-corrected chi connectivity index (χ3v) is 3.19. The maximum absolute atomic E-state index is 12.0. The molecule has 0 unspecified atom stereocenters. The van der Waals surface area contributed by atoms with Crippen LogP contribution >= 0.6 is 0 Å². The van der Waals surface area contributed by atoms with Crippen molar-refractivity contribution in [2.75, 3.05) is 11.9 Å². The fourth-order valence-corrected chi connectivity index (χ4v) is 2.08. The number of hydrogen-bond donors (Lipinski definition) is 2. The first-order valence-corrected chi connectivity index (χ1v) is 6.74. The van der Waals surface area contributed by atoms with Crippen LogP contribution in [0, 0.1) is 0 Å². The van der Waals surface area contributed by atoms with E-state index in [0.29, 0.717) is 19.5 Å². The zero-order chi connectivity index (χ0) is 15.2. The Kier molecular flexibility index (Phi) is 4.71. The summed E-state index contributed by atoms with van der Waals surface area (Å²) in [6, 6.07) is 6.84. The Morgan fingerprint density at radius 1 is 1.38 bits per heavy atom. The van der Waals surface area contributed by atoms with Gasteiger partial charge in [0.2, 0.25) is 0 Å². The number of aryl methyl sites for hydroxylation is 1. The molecule has 2 aromatic rings. The minimum Gasteiger partial charge on any atom is -0.478 e. The molecule has 0 saturated carbocycles. The van der Waals surface area contributed by atoms with Crippen LogP contribution in [-0.2, 0) is 13.0 Å². The number of carboxylic acids is 1. The third-order valence-electron chi connectivity index (χ3n) is 3.19. The number of carbonyl (C=O) groups is 1. The average Bonchev–Trinajstić information content (AvgIpc) is 2.49. The predicted octanol–water partition coefficient (Wildman–Crippen LogP) is 1.62. The maximum atomic E-state index is 12.0. The Balaban J connectivity index is 2.06. The molecule has 2 N–H and O–H groups in total. The van der Waals surface area contributed by atoms with Gasteiger partial charge in [0.15, 0.2) is 5.82 Å². The van der Waals surface area contributed by atoms with Crippen molar-refractivity contribution in [3.05, 3.63) is 58.1 Å². The number of rotatable bonds is 6. The van der Waals surface area contributed by atoms with Crippen molar-refractivity contribution >= 4 is 11.8 Å². The van der Waals surface area contributed by atoms with Crippen molar-refractivity contribution in [1.29, 1.82) is 0 Å². The molecule has 0 amide bonds. The number of nitrogens with zero attached hydrogens (tertiary/aromatic N) is 2. The summed E-state index contributed by atoms with van der Waals surface area (Å²) in [6.45, 7) is 2.91. The first-order valence-electron chi connectivity index (χ1n) is 6.74. The summed E-state index contributed by atoms with van der Waals surface area (Å²) in [6.07, 6.45) is 3.70. The van der Waals surface area contributed by atoms with E-state index in [1.807, 2.05) is 6.92 Å². The molecule has 0 aliphatic carbocycles. The second-order valence-corrected chi connectivity index (χ2v) is 4.51. The molecule has 6 nitrogen and oxygen atoms in total. The smallest absolute Gasteiger partial charge is 0.335 e. The van der Waals surface area contributed by atoms with E-state index < -0.39 is 5.97 Å². The number of nitrogens with one attached hydrogen (secondary N) is 1. The Hall–Kier alpha value is -2.63. The van der Waals surface area contributed by atoms with E-state index in [2.05, 4.69) is 10.3 Å². The van der Waals surface area contributed by atoms with Crippen LogP contribution in [0.1, 0.15) is 22.8 Å². The molecule has 21 heavy (non-hydrogen) atoms. The fourth-order valence-electron chi connectivity index (χ4n) is 2.08. The molecule has 1 heterocycles. The Morgan fingerprint density at radius 2 is 2.14 bits per heavy atom. The minimum atomic E-state index is -0.947. The predicted molar refractivity (Wildman–Crippen MR) is 79.8 cm³/mol. The van der Waals surface area contributed by atoms with Crippen LogP contribution in [-0.4, -0.2) is 27.2 Å². The fraction of sp³-hybridized carbons (Fsp3) is 0.267. The lowest BCUT2D eigenvalue weighted by atomic mass is 10.0. The second-order valence-electron chi connectivity index (χ2n) is 4.51. The summed E-state index contributed by atoms with van der Waals surface area (Å²) in [4.78, 5) is 27.1. The van der Waals surface area contributed by atoms with Gasteiger partial charge in [-0.3, -0.25) is 4.79 Å². The Labute approximate surface area is 122 Å². The summed E-state index contributed by atoms with van der Waals surface area (Å²) in [5.74, 6) is -0.663. The van der Waals surface area contributed by atoms with Crippen molar-refractivity contribution in [3.63, 3.8) is 0 Å². The zero-order valence-corrected chi connectivity index (χ0v) is 11.7. The normalized spacial score (nSPS) is 10.3. The lowest BCUT2D eigenvalue weighted by Gasteiger charge is -2.09. The van der Waals surface area contributed by atoms with Crippen LogP contribution in [0.15, 0.2) is 41.5 Å². The molecule has 0 saturated heterocycles. The van der Waals surface area contributed by atoms with Crippen molar-refractivity contribution in [2.24, 2.45) is 0 Å². The number of aromatic nitrogens is 2. The quantitative estimate of drug-likeness (QED) is 0.843. The van der Waals surface area contributed by atoms with Gasteiger partial charge in [-0.1, -0.05) is 18.2 Å². The SMILES string of the molecule is CCn1ccnc(NCCc2ccccc2C(=O)O)c1=O. The van der Waals surface area contributed by atoms with Gasteiger partial charge in [0.05, 0.1) is 5.56 Å². The van der Waals surface area contributed by atoms with Crippen LogP contribution in [0.3, 0.4) is 0 Å². The number of carboxylic acid groups (broad SMARTS) is 1. The van der Waals surface area contributed by atoms with E-state index in [4.69, 9.17) is 5.11 Å². The minimum absolute atomic E-state index is 0.175. The van der Waals surface area contributed by atoms with Crippen LogP contribution in [0.25, 0.3) is 0 Å². The average molecular weight is 287 g/mol. The maximum Gasteiger partial charge on any atom is 0.335 e. The van der Waals surface area contributed by atoms with Gasteiger partial charge in [-0.2, -0.15) is 0 Å². The molecule has 0 atom stereocenters. The van der Waals surface area contributed by atoms with Gasteiger partial charge in [-0.25, -0.2) is 9.78 Å². The molecule has 0 aliphatic rings. The summed E-state index contributed by atoms with van der Waals surface area (Å²) in [5.41, 5.74) is 0.835. The molecule has 0 radical (unpaired) electrons. The highest BCUT2D eigenvalue weighted by molar-refractivity contribution is 5.89. The van der Waals surface area contributed by atoms with Gasteiger partial charge in [0.25, 0.3) is 5.56 Å². The number of anilines is 1. The summed E-state index contributed by atoms with van der Waals surface area (Å²) in [5, 5.41) is 12.1. The van der Waals surface area contributed by atoms with Crippen LogP contribution < -0.4 is 10.9 Å². The monoisotopic (exact) mass is 287 g/mol. The van der Waals surface area contributed by atoms with Gasteiger partial charge in [0, 0.05) is 25.5 Å². The summed E-state index contributed by atoms with van der Waals surface area (Å²) >= 11 is 0. The first-order chi connectivity index (χ1) is 10.1. The molecule has 0 aliphatic heterocycles. The van der Waals surface area contributed by atoms with Crippen molar-refractivity contribution < 1.29 is 9.90 Å². The standard InChI is InChI=1S/C15H17N3O3/c1-2-18-10-9-17-13(14(18)19)16-8-7-11-5-3-4-6-12(11)15(20)21/h3-6,9-10H,2,7-8H2,1H3,(H,16,17)(H,20,21). The highest BCUT2D eigenvalue weighted by Crippen LogP contribution is 2.09. The van der Waals surface area contributed by atoms with E-state index in [1.54, 1.807) is 41.2 Å². The van der Waals surface area contributed by atoms with Gasteiger partial charge in [0.1, 0.15) is 0 Å². The molecular weight excluding hydrogens is 270 g/mol. The van der Waals surface area contributed by atoms with Gasteiger partial charge in [-0.15, -0.1) is 0 Å². The molecule has 6 heteroatoms. The molecule has 1 aromatic heterocycles. The zero-order valence-electron chi connectivity index (χ0n) is 11.7.